The average molecular weight is 343 g/mol. The van der Waals surface area contributed by atoms with Gasteiger partial charge in [0.1, 0.15) is 0 Å². The number of benzene rings is 1. The largest absolute Gasteiger partial charge is 0.376 e. The van der Waals surface area contributed by atoms with E-state index in [1.807, 2.05) is 29.2 Å². The fourth-order valence-electron chi connectivity index (χ4n) is 3.02. The van der Waals surface area contributed by atoms with Crippen LogP contribution in [0.5, 0.6) is 0 Å². The van der Waals surface area contributed by atoms with E-state index in [0.29, 0.717) is 13.1 Å². The van der Waals surface area contributed by atoms with E-state index in [4.69, 9.17) is 4.74 Å². The minimum absolute atomic E-state index is 0.0910. The molecular formula is C18H25N5O2. The van der Waals surface area contributed by atoms with E-state index >= 15 is 0 Å². The number of hydrogen-bond donors (Lipinski definition) is 1. The van der Waals surface area contributed by atoms with Gasteiger partial charge in [0.05, 0.1) is 24.2 Å². The lowest BCUT2D eigenvalue weighted by Crippen LogP contribution is -2.42. The van der Waals surface area contributed by atoms with Crippen molar-refractivity contribution in [3.8, 4) is 5.69 Å². The van der Waals surface area contributed by atoms with Gasteiger partial charge in [-0.3, -0.25) is 0 Å². The molecule has 2 amide bonds. The molecule has 0 saturated carbocycles. The van der Waals surface area contributed by atoms with Crippen molar-refractivity contribution < 1.29 is 9.53 Å². The molecule has 2 aromatic rings. The maximum Gasteiger partial charge on any atom is 0.321 e. The van der Waals surface area contributed by atoms with Crippen LogP contribution >= 0.6 is 0 Å². The number of amides is 2. The smallest absolute Gasteiger partial charge is 0.321 e. The molecular weight excluding hydrogens is 318 g/mol. The predicted molar refractivity (Wildman–Crippen MR) is 95.8 cm³/mol. The zero-order valence-electron chi connectivity index (χ0n) is 14.6. The van der Waals surface area contributed by atoms with E-state index in [1.54, 1.807) is 17.1 Å². The summed E-state index contributed by atoms with van der Waals surface area (Å²) in [6.07, 6.45) is 7.77. The number of hydrogen-bond acceptors (Lipinski definition) is 4. The van der Waals surface area contributed by atoms with E-state index < -0.39 is 0 Å². The van der Waals surface area contributed by atoms with Crippen molar-refractivity contribution in [3.63, 3.8) is 0 Å². The first kappa shape index (κ1) is 17.4. The SMILES string of the molecule is CCCN(C[C@H]1CCCCO1)C(=O)Nc1cccc(-n2ccnn2)c1. The van der Waals surface area contributed by atoms with Gasteiger partial charge in [-0.25, -0.2) is 9.48 Å². The zero-order chi connectivity index (χ0) is 17.5. The van der Waals surface area contributed by atoms with Crippen molar-refractivity contribution >= 4 is 11.7 Å². The lowest BCUT2D eigenvalue weighted by Gasteiger charge is -2.30. The molecule has 3 rings (SSSR count). The highest BCUT2D eigenvalue weighted by Gasteiger charge is 2.21. The molecule has 1 aromatic carbocycles. The van der Waals surface area contributed by atoms with Gasteiger partial charge < -0.3 is 15.0 Å². The van der Waals surface area contributed by atoms with E-state index in [1.165, 1.54) is 6.42 Å². The molecule has 0 unspecified atom stereocenters. The number of nitrogens with zero attached hydrogens (tertiary/aromatic N) is 4. The molecule has 0 bridgehead atoms. The summed E-state index contributed by atoms with van der Waals surface area (Å²) in [5.74, 6) is 0. The molecule has 1 aliphatic heterocycles. The summed E-state index contributed by atoms with van der Waals surface area (Å²) in [5, 5.41) is 10.8. The van der Waals surface area contributed by atoms with Crippen LogP contribution in [0.2, 0.25) is 0 Å². The van der Waals surface area contributed by atoms with Crippen LogP contribution in [0.25, 0.3) is 5.69 Å². The number of nitrogens with one attached hydrogen (secondary N) is 1. The summed E-state index contributed by atoms with van der Waals surface area (Å²) < 4.78 is 7.45. The normalized spacial score (nSPS) is 17.2. The molecule has 2 heterocycles. The number of urea groups is 1. The van der Waals surface area contributed by atoms with Crippen molar-refractivity contribution in [2.24, 2.45) is 0 Å². The number of carbonyl (C=O) groups excluding carboxylic acids is 1. The van der Waals surface area contributed by atoms with Gasteiger partial charge in [-0.15, -0.1) is 5.10 Å². The van der Waals surface area contributed by atoms with Gasteiger partial charge in [0.2, 0.25) is 0 Å². The molecule has 134 valence electrons. The number of carbonyl (C=O) groups is 1. The Morgan fingerprint density at radius 3 is 3.08 bits per heavy atom. The third-order valence-electron chi connectivity index (χ3n) is 4.26. The number of rotatable bonds is 6. The van der Waals surface area contributed by atoms with E-state index in [-0.39, 0.29) is 12.1 Å². The fraction of sp³-hybridized carbons (Fsp3) is 0.500. The first-order chi connectivity index (χ1) is 12.3. The first-order valence-corrected chi connectivity index (χ1v) is 8.90. The lowest BCUT2D eigenvalue weighted by molar-refractivity contribution is 0.00162. The van der Waals surface area contributed by atoms with Gasteiger partial charge in [0, 0.05) is 25.4 Å². The Morgan fingerprint density at radius 2 is 2.36 bits per heavy atom. The second-order valence-corrected chi connectivity index (χ2v) is 6.26. The van der Waals surface area contributed by atoms with E-state index in [2.05, 4.69) is 22.6 Å². The second-order valence-electron chi connectivity index (χ2n) is 6.26. The van der Waals surface area contributed by atoms with Crippen molar-refractivity contribution in [3.05, 3.63) is 36.7 Å². The standard InChI is InChI=1S/C18H25N5O2/c1-2-10-22(14-17-8-3-4-12-25-17)18(24)20-15-6-5-7-16(13-15)23-11-9-19-21-23/h5-7,9,11,13,17H,2-4,8,10,12,14H2,1H3,(H,20,24)/t17-/m1/s1. The highest BCUT2D eigenvalue weighted by atomic mass is 16.5. The maximum atomic E-state index is 12.7. The number of ether oxygens (including phenoxy) is 1. The Morgan fingerprint density at radius 1 is 1.44 bits per heavy atom. The van der Waals surface area contributed by atoms with Crippen LogP contribution in [0.4, 0.5) is 10.5 Å². The summed E-state index contributed by atoms with van der Waals surface area (Å²) in [7, 11) is 0. The summed E-state index contributed by atoms with van der Waals surface area (Å²) >= 11 is 0. The summed E-state index contributed by atoms with van der Waals surface area (Å²) in [6.45, 7) is 4.23. The van der Waals surface area contributed by atoms with Crippen molar-refractivity contribution in [1.29, 1.82) is 0 Å². The Hall–Kier alpha value is -2.41. The monoisotopic (exact) mass is 343 g/mol. The summed E-state index contributed by atoms with van der Waals surface area (Å²) in [6, 6.07) is 7.48. The average Bonchev–Trinajstić information content (AvgIpc) is 3.17. The Bertz CT molecular complexity index is 668. The van der Waals surface area contributed by atoms with Gasteiger partial charge in [-0.1, -0.05) is 18.2 Å². The minimum Gasteiger partial charge on any atom is -0.376 e. The third kappa shape index (κ3) is 4.79. The molecule has 0 radical (unpaired) electrons. The Balaban J connectivity index is 1.65. The summed E-state index contributed by atoms with van der Waals surface area (Å²) in [4.78, 5) is 14.5. The topological polar surface area (TPSA) is 72.3 Å². The van der Waals surface area contributed by atoms with Crippen LogP contribution in [0.1, 0.15) is 32.6 Å². The van der Waals surface area contributed by atoms with Crippen LogP contribution in [0.15, 0.2) is 36.7 Å². The quantitative estimate of drug-likeness (QED) is 0.875. The van der Waals surface area contributed by atoms with Gasteiger partial charge in [-0.2, -0.15) is 0 Å². The van der Waals surface area contributed by atoms with Crippen LogP contribution in [0.3, 0.4) is 0 Å². The third-order valence-corrected chi connectivity index (χ3v) is 4.26. The Kier molecular flexibility index (Phi) is 6.00. The molecule has 1 aliphatic rings. The number of aromatic nitrogens is 3. The fourth-order valence-corrected chi connectivity index (χ4v) is 3.02. The lowest BCUT2D eigenvalue weighted by atomic mass is 10.1. The molecule has 1 saturated heterocycles. The van der Waals surface area contributed by atoms with E-state index in [9.17, 15) is 4.79 Å². The highest BCUT2D eigenvalue weighted by Crippen LogP contribution is 2.17. The second kappa shape index (κ2) is 8.62. The molecule has 1 fully saturated rings. The Labute approximate surface area is 148 Å². The first-order valence-electron chi connectivity index (χ1n) is 8.90. The molecule has 0 spiro atoms. The molecule has 25 heavy (non-hydrogen) atoms. The molecule has 0 aliphatic carbocycles. The van der Waals surface area contributed by atoms with E-state index in [0.717, 1.165) is 37.2 Å². The zero-order valence-corrected chi connectivity index (χ0v) is 14.6. The van der Waals surface area contributed by atoms with Crippen molar-refractivity contribution in [2.45, 2.75) is 38.7 Å². The van der Waals surface area contributed by atoms with Crippen LogP contribution < -0.4 is 5.32 Å². The number of anilines is 1. The van der Waals surface area contributed by atoms with Crippen molar-refractivity contribution in [2.75, 3.05) is 25.0 Å². The van der Waals surface area contributed by atoms with Crippen LogP contribution in [0, 0.1) is 0 Å². The molecule has 1 atom stereocenters. The van der Waals surface area contributed by atoms with Gasteiger partial charge in [0.25, 0.3) is 0 Å². The minimum atomic E-state index is -0.0910. The predicted octanol–water partition coefficient (Wildman–Crippen LogP) is 3.08. The van der Waals surface area contributed by atoms with Gasteiger partial charge in [-0.05, 0) is 43.9 Å². The molecule has 1 aromatic heterocycles. The van der Waals surface area contributed by atoms with Crippen molar-refractivity contribution in [1.82, 2.24) is 19.9 Å². The molecule has 7 nitrogen and oxygen atoms in total. The van der Waals surface area contributed by atoms with Crippen LogP contribution in [-0.4, -0.2) is 51.7 Å². The van der Waals surface area contributed by atoms with Gasteiger partial charge >= 0.3 is 6.03 Å². The maximum absolute atomic E-state index is 12.7. The highest BCUT2D eigenvalue weighted by molar-refractivity contribution is 5.89. The molecule has 7 heteroatoms. The van der Waals surface area contributed by atoms with Gasteiger partial charge in [0.15, 0.2) is 0 Å². The van der Waals surface area contributed by atoms with Crippen LogP contribution in [-0.2, 0) is 4.74 Å². The summed E-state index contributed by atoms with van der Waals surface area (Å²) in [5.41, 5.74) is 1.59. The molecule has 1 N–H and O–H groups in total.